The van der Waals surface area contributed by atoms with Gasteiger partial charge in [-0.15, -0.1) is 0 Å². The van der Waals surface area contributed by atoms with Gasteiger partial charge in [-0.1, -0.05) is 11.6 Å². The summed E-state index contributed by atoms with van der Waals surface area (Å²) in [6.07, 6.45) is 2.34. The van der Waals surface area contributed by atoms with Crippen LogP contribution in [0.5, 0.6) is 0 Å². The standard InChI is InChI=1S/C14H21ClN4O2/c1-9(10-3-4-10)19(5-6-21-2)14(20)11-7-12(15)17-13(8-11)18-16/h7-10H,3-6,16H2,1-2H3,(H,17,18). The molecule has 1 aromatic heterocycles. The number of aromatic nitrogens is 1. The molecule has 21 heavy (non-hydrogen) atoms. The molecule has 1 heterocycles. The highest BCUT2D eigenvalue weighted by Gasteiger charge is 2.34. The molecule has 7 heteroatoms. The zero-order valence-corrected chi connectivity index (χ0v) is 13.1. The summed E-state index contributed by atoms with van der Waals surface area (Å²) >= 11 is 5.93. The van der Waals surface area contributed by atoms with E-state index in [0.29, 0.717) is 30.5 Å². The van der Waals surface area contributed by atoms with Crippen LogP contribution < -0.4 is 11.3 Å². The van der Waals surface area contributed by atoms with Gasteiger partial charge in [-0.3, -0.25) is 4.79 Å². The first-order valence-corrected chi connectivity index (χ1v) is 7.38. The molecule has 116 valence electrons. The van der Waals surface area contributed by atoms with Crippen LogP contribution in [-0.2, 0) is 4.74 Å². The monoisotopic (exact) mass is 312 g/mol. The Labute approximate surface area is 129 Å². The van der Waals surface area contributed by atoms with E-state index in [1.54, 1.807) is 19.2 Å². The third kappa shape index (κ3) is 4.06. The number of nitrogens with one attached hydrogen (secondary N) is 1. The van der Waals surface area contributed by atoms with E-state index in [1.807, 2.05) is 4.90 Å². The number of carbonyl (C=O) groups excluding carboxylic acids is 1. The Morgan fingerprint density at radius 1 is 1.62 bits per heavy atom. The summed E-state index contributed by atoms with van der Waals surface area (Å²) in [5.41, 5.74) is 2.90. The van der Waals surface area contributed by atoms with Gasteiger partial charge in [0.2, 0.25) is 0 Å². The van der Waals surface area contributed by atoms with Crippen molar-refractivity contribution in [1.29, 1.82) is 0 Å². The van der Waals surface area contributed by atoms with Crippen molar-refractivity contribution in [3.8, 4) is 0 Å². The Bertz CT molecular complexity index is 508. The molecule has 1 unspecified atom stereocenters. The third-order valence-electron chi connectivity index (χ3n) is 3.78. The van der Waals surface area contributed by atoms with Gasteiger partial charge >= 0.3 is 0 Å². The number of carbonyl (C=O) groups is 1. The molecule has 0 spiro atoms. The van der Waals surface area contributed by atoms with Crippen LogP contribution in [0.15, 0.2) is 12.1 Å². The van der Waals surface area contributed by atoms with Crippen LogP contribution >= 0.6 is 11.6 Å². The van der Waals surface area contributed by atoms with Gasteiger partial charge in [-0.25, -0.2) is 10.8 Å². The number of halogens is 1. The topological polar surface area (TPSA) is 80.5 Å². The number of anilines is 1. The predicted molar refractivity (Wildman–Crippen MR) is 82.2 cm³/mol. The molecule has 1 aromatic rings. The minimum Gasteiger partial charge on any atom is -0.383 e. The molecule has 2 rings (SSSR count). The third-order valence-corrected chi connectivity index (χ3v) is 3.98. The molecule has 1 amide bonds. The second kappa shape index (κ2) is 7.06. The zero-order chi connectivity index (χ0) is 15.4. The fourth-order valence-corrected chi connectivity index (χ4v) is 2.58. The lowest BCUT2D eigenvalue weighted by Crippen LogP contribution is -2.42. The molecule has 0 saturated heterocycles. The summed E-state index contributed by atoms with van der Waals surface area (Å²) in [7, 11) is 1.63. The molecule has 3 N–H and O–H groups in total. The molecule has 1 fully saturated rings. The smallest absolute Gasteiger partial charge is 0.254 e. The highest BCUT2D eigenvalue weighted by molar-refractivity contribution is 6.29. The van der Waals surface area contributed by atoms with Crippen LogP contribution in [0.4, 0.5) is 5.82 Å². The SMILES string of the molecule is COCCN(C(=O)c1cc(Cl)nc(NN)c1)C(C)C1CC1. The van der Waals surface area contributed by atoms with E-state index in [1.165, 1.54) is 12.8 Å². The quantitative estimate of drug-likeness (QED) is 0.457. The van der Waals surface area contributed by atoms with Crippen LogP contribution in [0.25, 0.3) is 0 Å². The van der Waals surface area contributed by atoms with Crippen molar-refractivity contribution in [2.45, 2.75) is 25.8 Å². The van der Waals surface area contributed by atoms with Gasteiger partial charge in [-0.2, -0.15) is 0 Å². The molecular weight excluding hydrogens is 292 g/mol. The summed E-state index contributed by atoms with van der Waals surface area (Å²) in [6.45, 7) is 3.14. The van der Waals surface area contributed by atoms with Crippen molar-refractivity contribution in [1.82, 2.24) is 9.88 Å². The molecule has 0 bridgehead atoms. The van der Waals surface area contributed by atoms with Crippen molar-refractivity contribution in [2.75, 3.05) is 25.7 Å². The molecular formula is C14H21ClN4O2. The Kier molecular flexibility index (Phi) is 5.39. The van der Waals surface area contributed by atoms with E-state index in [0.717, 1.165) is 0 Å². The predicted octanol–water partition coefficient (Wildman–Crippen LogP) is 1.91. The van der Waals surface area contributed by atoms with E-state index in [2.05, 4.69) is 17.3 Å². The van der Waals surface area contributed by atoms with Gasteiger partial charge in [0, 0.05) is 25.3 Å². The largest absolute Gasteiger partial charge is 0.383 e. The summed E-state index contributed by atoms with van der Waals surface area (Å²) in [5.74, 6) is 6.22. The highest BCUT2D eigenvalue weighted by atomic mass is 35.5. The minimum atomic E-state index is -0.0766. The molecule has 1 aliphatic carbocycles. The number of rotatable bonds is 7. The second-order valence-electron chi connectivity index (χ2n) is 5.28. The van der Waals surface area contributed by atoms with Gasteiger partial charge in [0.1, 0.15) is 11.0 Å². The molecule has 0 radical (unpaired) electrons. The molecule has 0 aliphatic heterocycles. The van der Waals surface area contributed by atoms with E-state index in [9.17, 15) is 4.79 Å². The lowest BCUT2D eigenvalue weighted by Gasteiger charge is -2.29. The highest BCUT2D eigenvalue weighted by Crippen LogP contribution is 2.35. The van der Waals surface area contributed by atoms with Gasteiger partial charge in [-0.05, 0) is 37.8 Å². The Balaban J connectivity index is 2.21. The maximum atomic E-state index is 12.8. The fraction of sp³-hybridized carbons (Fsp3) is 0.571. The van der Waals surface area contributed by atoms with Gasteiger partial charge < -0.3 is 15.1 Å². The van der Waals surface area contributed by atoms with Crippen molar-refractivity contribution < 1.29 is 9.53 Å². The Hall–Kier alpha value is -1.37. The van der Waals surface area contributed by atoms with Crippen molar-refractivity contribution in [3.63, 3.8) is 0 Å². The fourth-order valence-electron chi connectivity index (χ4n) is 2.37. The van der Waals surface area contributed by atoms with Crippen molar-refractivity contribution >= 4 is 23.3 Å². The maximum absolute atomic E-state index is 12.8. The maximum Gasteiger partial charge on any atom is 0.254 e. The number of nitrogen functional groups attached to an aromatic ring is 1. The van der Waals surface area contributed by atoms with Gasteiger partial charge in [0.05, 0.1) is 6.61 Å². The summed E-state index contributed by atoms with van der Waals surface area (Å²) in [4.78, 5) is 18.6. The van der Waals surface area contributed by atoms with E-state index in [-0.39, 0.29) is 17.1 Å². The molecule has 6 nitrogen and oxygen atoms in total. The van der Waals surface area contributed by atoms with Crippen molar-refractivity contribution in [3.05, 3.63) is 22.8 Å². The second-order valence-corrected chi connectivity index (χ2v) is 5.66. The Morgan fingerprint density at radius 2 is 2.33 bits per heavy atom. The number of nitrogens with zero attached hydrogens (tertiary/aromatic N) is 2. The molecule has 1 saturated carbocycles. The first-order chi connectivity index (χ1) is 10.1. The van der Waals surface area contributed by atoms with E-state index in [4.69, 9.17) is 22.2 Å². The normalized spacial score (nSPS) is 15.6. The van der Waals surface area contributed by atoms with Crippen LogP contribution in [-0.4, -0.2) is 42.1 Å². The van der Waals surface area contributed by atoms with Crippen LogP contribution in [0, 0.1) is 5.92 Å². The number of nitrogens with two attached hydrogens (primary N) is 1. The number of methoxy groups -OCH3 is 1. The molecule has 1 atom stereocenters. The lowest BCUT2D eigenvalue weighted by molar-refractivity contribution is 0.0594. The minimum absolute atomic E-state index is 0.0766. The summed E-state index contributed by atoms with van der Waals surface area (Å²) in [6, 6.07) is 3.35. The number of hydrogen-bond donors (Lipinski definition) is 2. The number of ether oxygens (including phenoxy) is 1. The number of amides is 1. The van der Waals surface area contributed by atoms with E-state index >= 15 is 0 Å². The Morgan fingerprint density at radius 3 is 2.90 bits per heavy atom. The van der Waals surface area contributed by atoms with Crippen LogP contribution in [0.3, 0.4) is 0 Å². The summed E-state index contributed by atoms with van der Waals surface area (Å²) < 4.78 is 5.11. The number of hydrogen-bond acceptors (Lipinski definition) is 5. The van der Waals surface area contributed by atoms with Crippen LogP contribution in [0.2, 0.25) is 5.15 Å². The first kappa shape index (κ1) is 16.0. The summed E-state index contributed by atoms with van der Waals surface area (Å²) in [5, 5.41) is 0.236. The zero-order valence-electron chi connectivity index (χ0n) is 12.3. The first-order valence-electron chi connectivity index (χ1n) is 7.01. The average molecular weight is 313 g/mol. The van der Waals surface area contributed by atoms with Crippen molar-refractivity contribution in [2.24, 2.45) is 11.8 Å². The molecule has 1 aliphatic rings. The van der Waals surface area contributed by atoms with Gasteiger partial charge in [0.15, 0.2) is 0 Å². The van der Waals surface area contributed by atoms with E-state index < -0.39 is 0 Å². The number of pyridine rings is 1. The number of hydrazine groups is 1. The molecule has 0 aromatic carbocycles. The van der Waals surface area contributed by atoms with Gasteiger partial charge in [0.25, 0.3) is 5.91 Å². The lowest BCUT2D eigenvalue weighted by atomic mass is 10.1. The average Bonchev–Trinajstić information content (AvgIpc) is 3.31. The van der Waals surface area contributed by atoms with Crippen LogP contribution in [0.1, 0.15) is 30.1 Å².